The van der Waals surface area contributed by atoms with Crippen LogP contribution in [0.15, 0.2) is 36.5 Å². The molecule has 1 aromatic rings. The van der Waals surface area contributed by atoms with Crippen LogP contribution in [0, 0.1) is 0 Å². The molecule has 1 aliphatic carbocycles. The fourth-order valence-corrected chi connectivity index (χ4v) is 3.25. The molecule has 1 heterocycles. The van der Waals surface area contributed by atoms with Gasteiger partial charge in [-0.1, -0.05) is 100 Å². The van der Waals surface area contributed by atoms with Crippen molar-refractivity contribution in [3.8, 4) is 0 Å². The molecule has 130 valence electrons. The van der Waals surface area contributed by atoms with Crippen LogP contribution in [-0.4, -0.2) is 21.2 Å². The van der Waals surface area contributed by atoms with Crippen LogP contribution in [0.2, 0.25) is 0 Å². The summed E-state index contributed by atoms with van der Waals surface area (Å²) in [5, 5.41) is 0. The standard InChI is InChI=1S/C14H11Cl6N3S/c1-3-8-4-6-12(24-2,7-5-8)9-21-10(13(15,16)17)23-11(22-9)14(18,19)20/h3-6H,1,7H2,2H3. The average Bonchev–Trinajstić information content (AvgIpc) is 2.53. The minimum absolute atomic E-state index is 0.0980. The highest BCUT2D eigenvalue weighted by atomic mass is 35.6. The maximum atomic E-state index is 5.92. The first-order valence-corrected chi connectivity index (χ1v) is 9.99. The second-order valence-corrected chi connectivity index (χ2v) is 10.5. The van der Waals surface area contributed by atoms with Crippen LogP contribution in [0.1, 0.15) is 23.9 Å². The SMILES string of the molecule is C=CC1=CCC(SC)(c2nc(C(Cl)(Cl)Cl)nc(C(Cl)(Cl)Cl)n2)C=C1. The molecule has 0 saturated carbocycles. The van der Waals surface area contributed by atoms with E-state index >= 15 is 0 Å². The van der Waals surface area contributed by atoms with E-state index in [9.17, 15) is 0 Å². The summed E-state index contributed by atoms with van der Waals surface area (Å²) in [5.74, 6) is 0.154. The Morgan fingerprint density at radius 2 is 1.62 bits per heavy atom. The van der Waals surface area contributed by atoms with Crippen molar-refractivity contribution in [1.82, 2.24) is 15.0 Å². The molecule has 24 heavy (non-hydrogen) atoms. The van der Waals surface area contributed by atoms with Crippen LogP contribution in [0.25, 0.3) is 0 Å². The van der Waals surface area contributed by atoms with Crippen molar-refractivity contribution in [3.63, 3.8) is 0 Å². The third kappa shape index (κ3) is 4.53. The number of thioether (sulfide) groups is 1. The van der Waals surface area contributed by atoms with Crippen molar-refractivity contribution in [2.24, 2.45) is 0 Å². The Hall–Kier alpha value is 0.320. The van der Waals surface area contributed by atoms with E-state index < -0.39 is 12.3 Å². The highest BCUT2D eigenvalue weighted by molar-refractivity contribution is 7.99. The van der Waals surface area contributed by atoms with Gasteiger partial charge in [0.05, 0.1) is 4.75 Å². The molecule has 3 nitrogen and oxygen atoms in total. The summed E-state index contributed by atoms with van der Waals surface area (Å²) in [6, 6.07) is 0. The quantitative estimate of drug-likeness (QED) is 0.501. The van der Waals surface area contributed by atoms with E-state index in [2.05, 4.69) is 21.5 Å². The van der Waals surface area contributed by atoms with Gasteiger partial charge in [-0.25, -0.2) is 15.0 Å². The predicted octanol–water partition coefficient (Wildman–Crippen LogP) is 6.16. The molecule has 0 bridgehead atoms. The van der Waals surface area contributed by atoms with Gasteiger partial charge in [0.2, 0.25) is 7.59 Å². The van der Waals surface area contributed by atoms with Crippen LogP contribution in [0.3, 0.4) is 0 Å². The molecular formula is C14H11Cl6N3S. The molecule has 1 unspecified atom stereocenters. The van der Waals surface area contributed by atoms with Gasteiger partial charge < -0.3 is 0 Å². The van der Waals surface area contributed by atoms with Gasteiger partial charge in [-0.05, 0) is 18.2 Å². The van der Waals surface area contributed by atoms with E-state index in [0.29, 0.717) is 12.2 Å². The van der Waals surface area contributed by atoms with E-state index in [-0.39, 0.29) is 11.6 Å². The largest absolute Gasteiger partial charge is 0.250 e. The van der Waals surface area contributed by atoms with E-state index in [0.717, 1.165) is 5.57 Å². The summed E-state index contributed by atoms with van der Waals surface area (Å²) >= 11 is 37.1. The van der Waals surface area contributed by atoms with Gasteiger partial charge in [0.15, 0.2) is 17.5 Å². The van der Waals surface area contributed by atoms with Crippen molar-refractivity contribution in [3.05, 3.63) is 53.9 Å². The minimum Gasteiger partial charge on any atom is -0.211 e. The van der Waals surface area contributed by atoms with E-state index in [4.69, 9.17) is 69.6 Å². The van der Waals surface area contributed by atoms with Gasteiger partial charge >= 0.3 is 0 Å². The first kappa shape index (κ1) is 20.6. The Balaban J connectivity index is 2.62. The third-order valence-corrected chi connectivity index (χ3v) is 5.53. The maximum absolute atomic E-state index is 5.92. The van der Waals surface area contributed by atoms with Crippen LogP contribution in [0.5, 0.6) is 0 Å². The summed E-state index contributed by atoms with van der Waals surface area (Å²) in [6.45, 7) is 3.75. The molecule has 1 atom stereocenters. The predicted molar refractivity (Wildman–Crippen MR) is 106 cm³/mol. The molecule has 0 amide bonds. The summed E-state index contributed by atoms with van der Waals surface area (Å²) in [4.78, 5) is 12.6. The lowest BCUT2D eigenvalue weighted by Crippen LogP contribution is -2.28. The van der Waals surface area contributed by atoms with Gasteiger partial charge in [-0.2, -0.15) is 0 Å². The van der Waals surface area contributed by atoms with Gasteiger partial charge in [0.1, 0.15) is 0 Å². The number of halogens is 6. The lowest BCUT2D eigenvalue weighted by atomic mass is 9.95. The zero-order valence-electron chi connectivity index (χ0n) is 12.2. The Labute approximate surface area is 174 Å². The van der Waals surface area contributed by atoms with Crippen LogP contribution >= 0.6 is 81.4 Å². The fourth-order valence-electron chi connectivity index (χ4n) is 2.01. The monoisotopic (exact) mass is 463 g/mol. The Morgan fingerprint density at radius 1 is 1.08 bits per heavy atom. The van der Waals surface area contributed by atoms with Gasteiger partial charge in [-0.3, -0.25) is 0 Å². The molecule has 0 N–H and O–H groups in total. The summed E-state index contributed by atoms with van der Waals surface area (Å²) in [5.41, 5.74) is 0.997. The first-order valence-electron chi connectivity index (χ1n) is 6.50. The topological polar surface area (TPSA) is 38.7 Å². The maximum Gasteiger partial charge on any atom is 0.250 e. The second kappa shape index (κ2) is 7.51. The number of rotatable bonds is 3. The highest BCUT2D eigenvalue weighted by Gasteiger charge is 2.39. The number of aromatic nitrogens is 3. The average molecular weight is 466 g/mol. The molecule has 1 aromatic heterocycles. The molecule has 10 heteroatoms. The Bertz CT molecular complexity index is 675. The van der Waals surface area contributed by atoms with Crippen LogP contribution in [0.4, 0.5) is 0 Å². The van der Waals surface area contributed by atoms with Crippen molar-refractivity contribution in [2.75, 3.05) is 6.26 Å². The number of hydrogen-bond donors (Lipinski definition) is 0. The molecule has 0 aliphatic heterocycles. The molecule has 0 spiro atoms. The van der Waals surface area contributed by atoms with E-state index in [1.165, 1.54) is 11.8 Å². The van der Waals surface area contributed by atoms with Gasteiger partial charge in [0, 0.05) is 0 Å². The van der Waals surface area contributed by atoms with E-state index in [1.807, 2.05) is 24.5 Å². The number of alkyl halides is 6. The minimum atomic E-state index is -1.87. The van der Waals surface area contributed by atoms with Crippen LogP contribution < -0.4 is 0 Å². The Morgan fingerprint density at radius 3 is 1.96 bits per heavy atom. The van der Waals surface area contributed by atoms with E-state index in [1.54, 1.807) is 6.08 Å². The van der Waals surface area contributed by atoms with Gasteiger partial charge in [0.25, 0.3) is 0 Å². The lowest BCUT2D eigenvalue weighted by molar-refractivity contribution is 0.669. The van der Waals surface area contributed by atoms with Crippen molar-refractivity contribution in [1.29, 1.82) is 0 Å². The third-order valence-electron chi connectivity index (χ3n) is 3.31. The van der Waals surface area contributed by atoms with Crippen molar-refractivity contribution >= 4 is 81.4 Å². The number of hydrogen-bond acceptors (Lipinski definition) is 4. The molecule has 0 saturated heterocycles. The van der Waals surface area contributed by atoms with Gasteiger partial charge in [-0.15, -0.1) is 11.8 Å². The molecular weight excluding hydrogens is 455 g/mol. The zero-order valence-corrected chi connectivity index (χ0v) is 17.6. The molecule has 2 rings (SSSR count). The van der Waals surface area contributed by atoms with Crippen molar-refractivity contribution < 1.29 is 0 Å². The second-order valence-electron chi connectivity index (χ2n) is 4.84. The summed E-state index contributed by atoms with van der Waals surface area (Å²) in [6.07, 6.45) is 10.2. The number of nitrogens with zero attached hydrogens (tertiary/aromatic N) is 3. The smallest absolute Gasteiger partial charge is 0.211 e. The first-order chi connectivity index (χ1) is 11.0. The highest BCUT2D eigenvalue weighted by Crippen LogP contribution is 2.45. The zero-order chi connectivity index (χ0) is 18.2. The molecule has 0 fully saturated rings. The normalized spacial score (nSPS) is 21.5. The molecule has 1 aliphatic rings. The number of allylic oxidation sites excluding steroid dienone is 4. The summed E-state index contributed by atoms with van der Waals surface area (Å²) < 4.78 is -4.34. The lowest BCUT2D eigenvalue weighted by Gasteiger charge is -2.30. The van der Waals surface area contributed by atoms with Crippen LogP contribution in [-0.2, 0) is 12.3 Å². The van der Waals surface area contributed by atoms with Crippen molar-refractivity contribution in [2.45, 2.75) is 18.8 Å². The molecule has 0 radical (unpaired) electrons. The Kier molecular flexibility index (Phi) is 6.46. The fraction of sp³-hybridized carbons (Fsp3) is 0.357. The molecule has 0 aromatic carbocycles. The summed E-state index contributed by atoms with van der Waals surface area (Å²) in [7, 11) is 0.